The second kappa shape index (κ2) is 3.54. The highest BCUT2D eigenvalue weighted by atomic mass is 32.3. The fraction of sp³-hybridized carbons (Fsp3) is 0. The zero-order valence-electron chi connectivity index (χ0n) is 6.29. The monoisotopic (exact) mass is 202 g/mol. The quantitative estimate of drug-likeness (QED) is 0.471. The van der Waals surface area contributed by atoms with E-state index in [1.807, 2.05) is 5.92 Å². The minimum atomic E-state index is -4.79. The summed E-state index contributed by atoms with van der Waals surface area (Å²) in [5.41, 5.74) is 0.239. The molecule has 0 radical (unpaired) electrons. The number of benzene rings is 1. The van der Waals surface area contributed by atoms with Gasteiger partial charge in [-0.15, -0.1) is 0 Å². The average Bonchev–Trinajstić information content (AvgIpc) is 2.02. The molecule has 0 N–H and O–H groups in total. The largest absolute Gasteiger partial charge is 0.373 e. The van der Waals surface area contributed by atoms with Gasteiger partial charge in [-0.25, -0.2) is 4.39 Å². The van der Waals surface area contributed by atoms with Gasteiger partial charge in [0.1, 0.15) is 5.82 Å². The highest BCUT2D eigenvalue weighted by Gasteiger charge is 1.97. The van der Waals surface area contributed by atoms with Crippen molar-refractivity contribution < 1.29 is 16.7 Å². The lowest BCUT2D eigenvalue weighted by atomic mass is 10.2. The zero-order chi connectivity index (χ0) is 9.90. The van der Waals surface area contributed by atoms with Gasteiger partial charge >= 0.3 is 10.2 Å². The Bertz CT molecular complexity index is 451. The van der Waals surface area contributed by atoms with Gasteiger partial charge in [0.2, 0.25) is 0 Å². The van der Waals surface area contributed by atoms with Gasteiger partial charge in [0.25, 0.3) is 0 Å². The molecule has 1 rings (SSSR count). The standard InChI is InChI=1S/C8H4F2O2S/c9-8-3-1-7(2-4-8)5-6-13(10,11)12/h1-4H. The van der Waals surface area contributed by atoms with E-state index in [0.29, 0.717) is 0 Å². The summed E-state index contributed by atoms with van der Waals surface area (Å²) in [4.78, 5) is 0. The predicted molar refractivity (Wildman–Crippen MR) is 43.3 cm³/mol. The molecule has 0 saturated heterocycles. The third-order valence-electron chi connectivity index (χ3n) is 1.16. The molecule has 0 fully saturated rings. The van der Waals surface area contributed by atoms with Crippen LogP contribution in [0.3, 0.4) is 0 Å². The molecule has 0 spiro atoms. The first-order valence-corrected chi connectivity index (χ1v) is 4.59. The van der Waals surface area contributed by atoms with Crippen LogP contribution in [-0.4, -0.2) is 8.42 Å². The Hall–Kier alpha value is -1.41. The highest BCUT2D eigenvalue weighted by molar-refractivity contribution is 7.91. The third-order valence-corrected chi connectivity index (χ3v) is 1.51. The minimum Gasteiger partial charge on any atom is -0.207 e. The van der Waals surface area contributed by atoms with Crippen molar-refractivity contribution in [1.29, 1.82) is 0 Å². The summed E-state index contributed by atoms with van der Waals surface area (Å²) in [5.74, 6) is 1.57. The van der Waals surface area contributed by atoms with Crippen molar-refractivity contribution in [2.75, 3.05) is 0 Å². The maximum Gasteiger partial charge on any atom is 0.373 e. The fourth-order valence-corrected chi connectivity index (χ4v) is 0.893. The van der Waals surface area contributed by atoms with Crippen LogP contribution in [-0.2, 0) is 10.2 Å². The molecule has 0 aliphatic rings. The lowest BCUT2D eigenvalue weighted by Gasteiger charge is -1.87. The summed E-state index contributed by atoms with van der Waals surface area (Å²) in [5, 5.41) is 1.39. The van der Waals surface area contributed by atoms with Gasteiger partial charge in [-0.05, 0) is 30.2 Å². The second-order valence-corrected chi connectivity index (χ2v) is 3.25. The summed E-state index contributed by atoms with van der Waals surface area (Å²) in [6.45, 7) is 0. The Morgan fingerprint density at radius 3 is 2.15 bits per heavy atom. The topological polar surface area (TPSA) is 34.1 Å². The van der Waals surface area contributed by atoms with E-state index >= 15 is 0 Å². The summed E-state index contributed by atoms with van der Waals surface area (Å²) in [6, 6.07) is 4.73. The third kappa shape index (κ3) is 3.67. The number of halogens is 2. The fourth-order valence-electron chi connectivity index (χ4n) is 0.653. The maximum absolute atomic E-state index is 12.3. The van der Waals surface area contributed by atoms with Crippen LogP contribution in [0, 0.1) is 17.0 Å². The normalized spacial score (nSPS) is 10.3. The Morgan fingerprint density at radius 1 is 1.15 bits per heavy atom. The molecule has 1 aromatic rings. The first kappa shape index (κ1) is 9.68. The molecule has 0 aliphatic carbocycles. The molecule has 5 heteroatoms. The van der Waals surface area contributed by atoms with Crippen molar-refractivity contribution in [3.63, 3.8) is 0 Å². The molecule has 0 unspecified atom stereocenters. The first-order valence-electron chi connectivity index (χ1n) is 3.20. The molecule has 0 aromatic heterocycles. The Labute approximate surface area is 74.4 Å². The minimum absolute atomic E-state index is 0.239. The summed E-state index contributed by atoms with van der Waals surface area (Å²) >= 11 is 0. The van der Waals surface area contributed by atoms with Gasteiger partial charge in [0.05, 0.1) is 5.25 Å². The van der Waals surface area contributed by atoms with E-state index in [2.05, 4.69) is 0 Å². The zero-order valence-corrected chi connectivity index (χ0v) is 7.11. The SMILES string of the molecule is O=S(=O)(F)C#Cc1ccc(F)cc1. The molecule has 0 atom stereocenters. The maximum atomic E-state index is 12.3. The summed E-state index contributed by atoms with van der Waals surface area (Å²) in [7, 11) is -4.79. The van der Waals surface area contributed by atoms with E-state index in [-0.39, 0.29) is 5.56 Å². The van der Waals surface area contributed by atoms with Gasteiger partial charge in [-0.3, -0.25) is 0 Å². The van der Waals surface area contributed by atoms with E-state index < -0.39 is 16.0 Å². The van der Waals surface area contributed by atoms with Gasteiger partial charge in [-0.1, -0.05) is 3.89 Å². The second-order valence-electron chi connectivity index (χ2n) is 2.17. The average molecular weight is 202 g/mol. The number of hydrogen-bond donors (Lipinski definition) is 0. The molecule has 0 aliphatic heterocycles. The molecule has 0 amide bonds. The van der Waals surface area contributed by atoms with Crippen molar-refractivity contribution >= 4 is 10.2 Å². The van der Waals surface area contributed by atoms with Gasteiger partial charge in [0.15, 0.2) is 0 Å². The van der Waals surface area contributed by atoms with Crippen LogP contribution >= 0.6 is 0 Å². The van der Waals surface area contributed by atoms with Gasteiger partial charge in [-0.2, -0.15) is 8.42 Å². The molecule has 0 saturated carbocycles. The van der Waals surface area contributed by atoms with Crippen LogP contribution in [0.25, 0.3) is 0 Å². The lowest BCUT2D eigenvalue weighted by molar-refractivity contribution is 0.565. The Balaban J connectivity index is 2.98. The molecule has 13 heavy (non-hydrogen) atoms. The summed E-state index contributed by atoms with van der Waals surface area (Å²) in [6.07, 6.45) is 0. The van der Waals surface area contributed by atoms with Crippen LogP contribution in [0.15, 0.2) is 24.3 Å². The predicted octanol–water partition coefficient (Wildman–Crippen LogP) is 1.43. The van der Waals surface area contributed by atoms with Crippen molar-refractivity contribution in [2.24, 2.45) is 0 Å². The van der Waals surface area contributed by atoms with E-state index in [1.54, 1.807) is 0 Å². The van der Waals surface area contributed by atoms with Crippen molar-refractivity contribution in [3.05, 3.63) is 35.6 Å². The molecule has 1 aromatic carbocycles. The Kier molecular flexibility index (Phi) is 2.63. The molecule has 68 valence electrons. The van der Waals surface area contributed by atoms with Crippen LogP contribution in [0.4, 0.5) is 8.28 Å². The van der Waals surface area contributed by atoms with Gasteiger partial charge < -0.3 is 0 Å². The molecular formula is C8H4F2O2S. The van der Waals surface area contributed by atoms with Crippen LogP contribution in [0.5, 0.6) is 0 Å². The smallest absolute Gasteiger partial charge is 0.207 e. The van der Waals surface area contributed by atoms with Crippen LogP contribution in [0.1, 0.15) is 5.56 Å². The Morgan fingerprint density at radius 2 is 1.69 bits per heavy atom. The first-order chi connectivity index (χ1) is 5.97. The molecule has 2 nitrogen and oxygen atoms in total. The highest BCUT2D eigenvalue weighted by Crippen LogP contribution is 2.01. The van der Waals surface area contributed by atoms with E-state index in [0.717, 1.165) is 12.1 Å². The van der Waals surface area contributed by atoms with Gasteiger partial charge in [0, 0.05) is 5.56 Å². The number of hydrogen-bond acceptors (Lipinski definition) is 2. The molecular weight excluding hydrogens is 198 g/mol. The van der Waals surface area contributed by atoms with Crippen LogP contribution < -0.4 is 0 Å². The molecule has 0 bridgehead atoms. The van der Waals surface area contributed by atoms with Crippen molar-refractivity contribution in [1.82, 2.24) is 0 Å². The molecule has 0 heterocycles. The lowest BCUT2D eigenvalue weighted by Crippen LogP contribution is -1.83. The van der Waals surface area contributed by atoms with Crippen molar-refractivity contribution in [3.8, 4) is 11.2 Å². The van der Waals surface area contributed by atoms with E-state index in [4.69, 9.17) is 0 Å². The summed E-state index contributed by atoms with van der Waals surface area (Å²) < 4.78 is 44.1. The van der Waals surface area contributed by atoms with E-state index in [9.17, 15) is 16.7 Å². The van der Waals surface area contributed by atoms with E-state index in [1.165, 1.54) is 17.4 Å². The van der Waals surface area contributed by atoms with Crippen LogP contribution in [0.2, 0.25) is 0 Å². The number of rotatable bonds is 0. The van der Waals surface area contributed by atoms with Crippen molar-refractivity contribution in [2.45, 2.75) is 0 Å².